The van der Waals surface area contributed by atoms with Crippen LogP contribution in [-0.2, 0) is 42.7 Å². The van der Waals surface area contributed by atoms with Crippen LogP contribution in [0.25, 0.3) is 0 Å². The predicted molar refractivity (Wildman–Crippen MR) is 249 cm³/mol. The fraction of sp³-hybridized carbons (Fsp3) is 0.851. The van der Waals surface area contributed by atoms with E-state index >= 15 is 0 Å². The van der Waals surface area contributed by atoms with Crippen molar-refractivity contribution < 1.29 is 82.3 Å². The highest BCUT2D eigenvalue weighted by atomic mass is 16.7. The first-order chi connectivity index (χ1) is 32.0. The molecule has 0 bridgehead atoms. The number of likely N-dealkylation sites (N-methyl/N-ethyl adjacent to an activating group) is 1. The Morgan fingerprint density at radius 2 is 1.26 bits per heavy atom. The Labute approximate surface area is 410 Å². The summed E-state index contributed by atoms with van der Waals surface area (Å²) in [6, 6.07) is -4.90. The number of β-amino-alcohol motifs (C(OH)–C–C–N with tert-alkyl or cyclic N) is 1. The van der Waals surface area contributed by atoms with Crippen molar-refractivity contribution in [3.63, 3.8) is 0 Å². The van der Waals surface area contributed by atoms with E-state index in [-0.39, 0.29) is 12.8 Å². The molecule has 5 rings (SSSR count). The molecule has 2 saturated heterocycles. The molecule has 0 aromatic carbocycles. The van der Waals surface area contributed by atoms with Gasteiger partial charge in [0.2, 0.25) is 6.29 Å². The molecule has 3 aliphatic heterocycles. The predicted octanol–water partition coefficient (Wildman–Crippen LogP) is 2.11. The molecular weight excluding hydrogens is 921 g/mol. The molecule has 0 aromatic rings. The van der Waals surface area contributed by atoms with E-state index in [0.717, 1.165) is 29.2 Å². The summed E-state index contributed by atoms with van der Waals surface area (Å²) in [5, 5.41) is 59.3. The van der Waals surface area contributed by atoms with E-state index < -0.39 is 145 Å². The molecule has 3 heterocycles. The molecule has 0 unspecified atom stereocenters. The van der Waals surface area contributed by atoms with Crippen molar-refractivity contribution in [2.75, 3.05) is 39.8 Å². The van der Waals surface area contributed by atoms with Gasteiger partial charge >= 0.3 is 24.4 Å². The topological polar surface area (TPSA) is 295 Å². The number of nitrogens with one attached hydrogen (secondary N) is 4. The maximum atomic E-state index is 14.1. The molecule has 400 valence electrons. The van der Waals surface area contributed by atoms with Crippen LogP contribution in [0.4, 0.5) is 19.2 Å². The SMILES string of the molecule is CN(C(=O)OC(C)(C)C)[C@@H]1[C@@H](O)[C@@H](O[C@@H]2[C@@H](O)[C@H](O[C@H]3OC(CNCC4CC4)=CC[C@H]3NC(=O)OC(C)(C)C)[C@@H](NC(=O)OC(C)(C)C)C[C@H]2NC(=O)C2(O)CN(C(=O)OC(C)(C)C)C2)OC[C@]1(C)O. The standard InChI is InChI=1S/C47H80N6O17/c1-42(2,3)67-38(57)50-27-18-17-26(21-48-20-25-15-16-25)64-35(27)65-33-29(51-39(58)68-43(4,5)6)19-28(49-37(56)47(62)22-53(23-47)41(60)70-45(10,11)12)32(30(33)54)66-36-31(55)34(46(13,61)24-63-36)52(14)40(59)69-44(7,8)9/h17,25,27-36,48,54-55,61-62H,15-16,18-24H2,1-14H3,(H,49,56)(H,50,57)(H,51,58)/t27-,28-,29+,30-,31-,32+,33-,34-,35-,36-,46+/m1/s1. The van der Waals surface area contributed by atoms with Crippen LogP contribution in [-0.4, -0.2) is 195 Å². The molecule has 0 aromatic heterocycles. The zero-order valence-corrected chi connectivity index (χ0v) is 43.3. The Balaban J connectivity index is 1.51. The number of hydrogen-bond donors (Lipinski definition) is 8. The van der Waals surface area contributed by atoms with Crippen molar-refractivity contribution in [3.05, 3.63) is 11.8 Å². The van der Waals surface area contributed by atoms with E-state index in [1.54, 1.807) is 89.2 Å². The molecule has 5 aliphatic rings. The second-order valence-corrected chi connectivity index (χ2v) is 23.4. The Kier molecular flexibility index (Phi) is 17.4. The van der Waals surface area contributed by atoms with Gasteiger partial charge in [0.25, 0.3) is 5.91 Å². The van der Waals surface area contributed by atoms with Crippen LogP contribution in [0.5, 0.6) is 0 Å². The van der Waals surface area contributed by atoms with Crippen LogP contribution in [0.3, 0.4) is 0 Å². The van der Waals surface area contributed by atoms with Crippen molar-refractivity contribution in [3.8, 4) is 0 Å². The molecule has 2 saturated carbocycles. The summed E-state index contributed by atoms with van der Waals surface area (Å²) in [5.74, 6) is 0.0580. The lowest BCUT2D eigenvalue weighted by Crippen LogP contribution is -2.74. The van der Waals surface area contributed by atoms with E-state index in [0.29, 0.717) is 18.2 Å². The van der Waals surface area contributed by atoms with Crippen LogP contribution in [0.1, 0.15) is 116 Å². The highest BCUT2D eigenvalue weighted by Crippen LogP contribution is 2.36. The minimum absolute atomic E-state index is 0.198. The second kappa shape index (κ2) is 21.5. The van der Waals surface area contributed by atoms with Crippen molar-refractivity contribution in [2.24, 2.45) is 5.92 Å². The molecule has 11 atom stereocenters. The Bertz CT molecular complexity index is 1900. The van der Waals surface area contributed by atoms with Crippen LogP contribution < -0.4 is 21.3 Å². The van der Waals surface area contributed by atoms with Crippen LogP contribution in [0, 0.1) is 5.92 Å². The first-order valence-corrected chi connectivity index (χ1v) is 24.1. The van der Waals surface area contributed by atoms with E-state index in [1.807, 2.05) is 0 Å². The van der Waals surface area contributed by atoms with Gasteiger partial charge in [-0.25, -0.2) is 19.2 Å². The van der Waals surface area contributed by atoms with Crippen molar-refractivity contribution in [1.82, 2.24) is 31.1 Å². The molecule has 0 spiro atoms. The summed E-state index contributed by atoms with van der Waals surface area (Å²) in [7, 11) is 1.32. The smallest absolute Gasteiger partial charge is 0.410 e. The molecule has 8 N–H and O–H groups in total. The van der Waals surface area contributed by atoms with E-state index in [9.17, 15) is 44.4 Å². The molecule has 23 nitrogen and oxygen atoms in total. The molecule has 23 heteroatoms. The summed E-state index contributed by atoms with van der Waals surface area (Å²) < 4.78 is 47.5. The lowest BCUT2D eigenvalue weighted by atomic mass is 9.82. The van der Waals surface area contributed by atoms with Crippen molar-refractivity contribution >= 4 is 30.3 Å². The molecular formula is C47H80N6O17. The number of aliphatic hydroxyl groups excluding tert-OH is 2. The van der Waals surface area contributed by atoms with Crippen LogP contribution >= 0.6 is 0 Å². The van der Waals surface area contributed by atoms with Crippen molar-refractivity contribution in [2.45, 2.75) is 210 Å². The number of nitrogens with zero attached hydrogens (tertiary/aromatic N) is 2. The Hall–Kier alpha value is -4.23. The third-order valence-electron chi connectivity index (χ3n) is 11.8. The highest BCUT2D eigenvalue weighted by molar-refractivity contribution is 5.89. The zero-order valence-electron chi connectivity index (χ0n) is 43.3. The molecule has 0 radical (unpaired) electrons. The Morgan fingerprint density at radius 1 is 0.743 bits per heavy atom. The lowest BCUT2D eigenvalue weighted by Gasteiger charge is -2.51. The number of likely N-dealkylation sites (tertiary alicyclic amines) is 1. The quantitative estimate of drug-likeness (QED) is 0.123. The third kappa shape index (κ3) is 15.9. The minimum Gasteiger partial charge on any atom is -0.466 e. The summed E-state index contributed by atoms with van der Waals surface area (Å²) in [6.07, 6.45) is -9.28. The monoisotopic (exact) mass is 1000 g/mol. The second-order valence-electron chi connectivity index (χ2n) is 23.4. The maximum absolute atomic E-state index is 14.1. The Morgan fingerprint density at radius 3 is 1.79 bits per heavy atom. The van der Waals surface area contributed by atoms with Gasteiger partial charge in [-0.15, -0.1) is 0 Å². The number of hydrogen-bond acceptors (Lipinski definition) is 18. The summed E-state index contributed by atoms with van der Waals surface area (Å²) in [4.78, 5) is 69.3. The fourth-order valence-electron chi connectivity index (χ4n) is 8.45. The zero-order chi connectivity index (χ0) is 52.5. The molecule has 5 amide bonds. The van der Waals surface area contributed by atoms with Gasteiger partial charge in [-0.1, -0.05) is 0 Å². The van der Waals surface area contributed by atoms with Gasteiger partial charge in [0.1, 0.15) is 58.2 Å². The minimum atomic E-state index is -2.14. The lowest BCUT2D eigenvalue weighted by molar-refractivity contribution is -0.311. The average molecular weight is 1000 g/mol. The van der Waals surface area contributed by atoms with Gasteiger partial charge in [-0.2, -0.15) is 0 Å². The van der Waals surface area contributed by atoms with Crippen LogP contribution in [0.2, 0.25) is 0 Å². The normalized spacial score (nSPS) is 31.4. The molecule has 2 aliphatic carbocycles. The van der Waals surface area contributed by atoms with Gasteiger partial charge in [0.15, 0.2) is 11.9 Å². The first kappa shape index (κ1) is 56.7. The van der Waals surface area contributed by atoms with E-state index in [2.05, 4.69) is 21.3 Å². The number of alkyl carbamates (subject to hydrolysis) is 2. The van der Waals surface area contributed by atoms with Crippen LogP contribution in [0.15, 0.2) is 11.8 Å². The average Bonchev–Trinajstić information content (AvgIpc) is 3.99. The summed E-state index contributed by atoms with van der Waals surface area (Å²) in [5.41, 5.74) is -7.65. The van der Waals surface area contributed by atoms with Gasteiger partial charge in [0, 0.05) is 7.05 Å². The molecule has 4 fully saturated rings. The van der Waals surface area contributed by atoms with E-state index in [1.165, 1.54) is 14.0 Å². The third-order valence-corrected chi connectivity index (χ3v) is 11.8. The van der Waals surface area contributed by atoms with Gasteiger partial charge in [-0.05, 0) is 134 Å². The maximum Gasteiger partial charge on any atom is 0.410 e. The van der Waals surface area contributed by atoms with Gasteiger partial charge in [0.05, 0.1) is 50.4 Å². The number of rotatable bonds is 13. The number of carbonyl (C=O) groups excluding carboxylic acids is 5. The largest absolute Gasteiger partial charge is 0.466 e. The summed E-state index contributed by atoms with van der Waals surface area (Å²) in [6.45, 7) is 21.1. The highest BCUT2D eigenvalue weighted by Gasteiger charge is 2.57. The van der Waals surface area contributed by atoms with Crippen molar-refractivity contribution in [1.29, 1.82) is 0 Å². The van der Waals surface area contributed by atoms with Gasteiger partial charge < -0.3 is 89.4 Å². The van der Waals surface area contributed by atoms with Gasteiger partial charge in [-0.3, -0.25) is 4.79 Å². The first-order valence-electron chi connectivity index (χ1n) is 24.1. The fourth-order valence-corrected chi connectivity index (χ4v) is 8.45. The number of aliphatic hydroxyl groups is 4. The van der Waals surface area contributed by atoms with E-state index in [4.69, 9.17) is 37.9 Å². The number of amides is 5. The number of ether oxygens (including phenoxy) is 8. The number of carbonyl (C=O) groups is 5. The molecule has 70 heavy (non-hydrogen) atoms. The summed E-state index contributed by atoms with van der Waals surface area (Å²) >= 11 is 0.